The average molecular weight is 353 g/mol. The van der Waals surface area contributed by atoms with E-state index in [1.54, 1.807) is 32.4 Å². The molecule has 8 nitrogen and oxygen atoms in total. The topological polar surface area (TPSA) is 104 Å². The van der Waals surface area contributed by atoms with Crippen LogP contribution in [0.1, 0.15) is 31.0 Å². The van der Waals surface area contributed by atoms with Crippen molar-refractivity contribution in [3.63, 3.8) is 0 Å². The van der Waals surface area contributed by atoms with Gasteiger partial charge in [-0.3, -0.25) is 9.89 Å². The molecule has 2 heterocycles. The zero-order valence-electron chi connectivity index (χ0n) is 15.0. The molecule has 0 bridgehead atoms. The molecule has 0 fully saturated rings. The quantitative estimate of drug-likeness (QED) is 0.731. The molecule has 0 aliphatic heterocycles. The molecule has 0 saturated heterocycles. The van der Waals surface area contributed by atoms with E-state index in [0.29, 0.717) is 34.3 Å². The summed E-state index contributed by atoms with van der Waals surface area (Å²) in [6.45, 7) is 3.89. The van der Waals surface area contributed by atoms with E-state index in [0.717, 1.165) is 0 Å². The molecule has 0 saturated carbocycles. The van der Waals surface area contributed by atoms with Gasteiger partial charge in [-0.25, -0.2) is 4.98 Å². The van der Waals surface area contributed by atoms with Gasteiger partial charge in [-0.2, -0.15) is 9.78 Å². The van der Waals surface area contributed by atoms with Crippen LogP contribution >= 0.6 is 0 Å². The molecular formula is C18H19N5O3. The Hall–Kier alpha value is -3.47. The number of aromatic nitrogens is 3. The van der Waals surface area contributed by atoms with Crippen LogP contribution in [0.15, 0.2) is 29.1 Å². The molecule has 2 aromatic heterocycles. The third-order valence-corrected chi connectivity index (χ3v) is 3.96. The smallest absolute Gasteiger partial charge is 0.273 e. The molecule has 2 N–H and O–H groups in total. The molecule has 3 rings (SSSR count). The van der Waals surface area contributed by atoms with E-state index in [1.807, 2.05) is 13.8 Å². The van der Waals surface area contributed by atoms with Gasteiger partial charge in [0.15, 0.2) is 5.65 Å². The Morgan fingerprint density at radius 2 is 1.85 bits per heavy atom. The highest BCUT2D eigenvalue weighted by molar-refractivity contribution is 5.73. The summed E-state index contributed by atoms with van der Waals surface area (Å²) in [5.74, 6) is 1.64. The first-order valence-corrected chi connectivity index (χ1v) is 8.02. The number of nitrogens with zero attached hydrogens (tertiary/aromatic N) is 3. The molecule has 26 heavy (non-hydrogen) atoms. The SMILES string of the molecule is COc1cc(Nc2[nH]n3c(=O)cc(C(C)C)nc3c2C#N)cc(OC)c1. The van der Waals surface area contributed by atoms with E-state index in [-0.39, 0.29) is 17.0 Å². The van der Waals surface area contributed by atoms with Crippen LogP contribution in [0.3, 0.4) is 0 Å². The predicted molar refractivity (Wildman–Crippen MR) is 97.4 cm³/mol. The lowest BCUT2D eigenvalue weighted by Gasteiger charge is -2.09. The Balaban J connectivity index is 2.13. The highest BCUT2D eigenvalue weighted by Crippen LogP contribution is 2.29. The van der Waals surface area contributed by atoms with E-state index in [4.69, 9.17) is 9.47 Å². The van der Waals surface area contributed by atoms with Crippen molar-refractivity contribution in [3.8, 4) is 17.6 Å². The van der Waals surface area contributed by atoms with Crippen LogP contribution in [-0.2, 0) is 0 Å². The van der Waals surface area contributed by atoms with Crippen molar-refractivity contribution >= 4 is 17.2 Å². The Morgan fingerprint density at radius 3 is 2.38 bits per heavy atom. The maximum absolute atomic E-state index is 12.4. The maximum atomic E-state index is 12.4. The first-order chi connectivity index (χ1) is 12.5. The van der Waals surface area contributed by atoms with Crippen molar-refractivity contribution in [2.24, 2.45) is 0 Å². The molecule has 0 radical (unpaired) electrons. The van der Waals surface area contributed by atoms with E-state index in [1.165, 1.54) is 10.6 Å². The second-order valence-electron chi connectivity index (χ2n) is 6.03. The van der Waals surface area contributed by atoms with Crippen LogP contribution in [0.2, 0.25) is 0 Å². The minimum absolute atomic E-state index is 0.0770. The molecule has 0 spiro atoms. The van der Waals surface area contributed by atoms with Gasteiger partial charge < -0.3 is 14.8 Å². The van der Waals surface area contributed by atoms with Crippen LogP contribution in [0.4, 0.5) is 11.5 Å². The molecule has 0 amide bonds. The summed E-state index contributed by atoms with van der Waals surface area (Å²) >= 11 is 0. The van der Waals surface area contributed by atoms with Gasteiger partial charge in [0.05, 0.1) is 19.9 Å². The van der Waals surface area contributed by atoms with Crippen molar-refractivity contribution in [3.05, 3.63) is 45.9 Å². The number of methoxy groups -OCH3 is 2. The number of anilines is 2. The molecule has 8 heteroatoms. The van der Waals surface area contributed by atoms with E-state index in [2.05, 4.69) is 21.5 Å². The highest BCUT2D eigenvalue weighted by atomic mass is 16.5. The minimum atomic E-state index is -0.272. The monoisotopic (exact) mass is 353 g/mol. The van der Waals surface area contributed by atoms with Crippen LogP contribution in [0.25, 0.3) is 5.65 Å². The lowest BCUT2D eigenvalue weighted by molar-refractivity contribution is 0.395. The van der Waals surface area contributed by atoms with Crippen LogP contribution < -0.4 is 20.3 Å². The fourth-order valence-corrected chi connectivity index (χ4v) is 2.57. The van der Waals surface area contributed by atoms with Gasteiger partial charge in [-0.05, 0) is 5.92 Å². The molecule has 0 aliphatic rings. The highest BCUT2D eigenvalue weighted by Gasteiger charge is 2.17. The number of hydrogen-bond acceptors (Lipinski definition) is 6. The van der Waals surface area contributed by atoms with Gasteiger partial charge in [-0.15, -0.1) is 0 Å². The van der Waals surface area contributed by atoms with E-state index >= 15 is 0 Å². The number of ether oxygens (including phenoxy) is 2. The zero-order chi connectivity index (χ0) is 18.8. The summed E-state index contributed by atoms with van der Waals surface area (Å²) in [5, 5.41) is 15.6. The second kappa shape index (κ2) is 6.80. The molecule has 0 atom stereocenters. The first-order valence-electron chi connectivity index (χ1n) is 8.02. The number of rotatable bonds is 5. The molecule has 1 aromatic carbocycles. The van der Waals surface area contributed by atoms with Gasteiger partial charge in [0.1, 0.15) is 28.9 Å². The van der Waals surface area contributed by atoms with Gasteiger partial charge >= 0.3 is 0 Å². The Labute approximate surface area is 150 Å². The predicted octanol–water partition coefficient (Wildman–Crippen LogP) is 2.78. The Morgan fingerprint density at radius 1 is 1.19 bits per heavy atom. The number of benzene rings is 1. The summed E-state index contributed by atoms with van der Waals surface area (Å²) in [7, 11) is 3.11. The number of fused-ring (bicyclic) bond motifs is 1. The summed E-state index contributed by atoms with van der Waals surface area (Å²) in [6, 6.07) is 8.83. The lowest BCUT2D eigenvalue weighted by atomic mass is 10.1. The van der Waals surface area contributed by atoms with Crippen LogP contribution in [-0.4, -0.2) is 28.8 Å². The summed E-state index contributed by atoms with van der Waals surface area (Å²) < 4.78 is 11.8. The van der Waals surface area contributed by atoms with Gasteiger partial charge in [0.25, 0.3) is 5.56 Å². The third-order valence-electron chi connectivity index (χ3n) is 3.96. The Bertz CT molecular complexity index is 1040. The second-order valence-corrected chi connectivity index (χ2v) is 6.03. The number of aromatic amines is 1. The van der Waals surface area contributed by atoms with Crippen LogP contribution in [0.5, 0.6) is 11.5 Å². The standard InChI is InChI=1S/C18H19N5O3/c1-10(2)15-8-16(24)23-18(21-15)14(9-19)17(22-23)20-11-5-12(25-3)7-13(6-11)26-4/h5-8,10,20,22H,1-4H3. The number of nitrogens with one attached hydrogen (secondary N) is 2. The molecule has 134 valence electrons. The number of H-pyrrole nitrogens is 1. The van der Waals surface area contributed by atoms with Crippen molar-refractivity contribution in [2.75, 3.05) is 19.5 Å². The van der Waals surface area contributed by atoms with E-state index in [9.17, 15) is 10.1 Å². The van der Waals surface area contributed by atoms with Crippen molar-refractivity contribution in [2.45, 2.75) is 19.8 Å². The zero-order valence-corrected chi connectivity index (χ0v) is 15.0. The summed E-state index contributed by atoms with van der Waals surface area (Å²) in [5.41, 5.74) is 1.56. The van der Waals surface area contributed by atoms with Gasteiger partial charge in [-0.1, -0.05) is 13.8 Å². The fraction of sp³-hybridized carbons (Fsp3) is 0.278. The van der Waals surface area contributed by atoms with Crippen LogP contribution in [0, 0.1) is 11.3 Å². The lowest BCUT2D eigenvalue weighted by Crippen LogP contribution is -2.16. The normalized spacial score (nSPS) is 10.8. The third kappa shape index (κ3) is 3.07. The Kier molecular flexibility index (Phi) is 4.54. The minimum Gasteiger partial charge on any atom is -0.497 e. The summed E-state index contributed by atoms with van der Waals surface area (Å²) in [6.07, 6.45) is 0. The number of hydrogen-bond donors (Lipinski definition) is 2. The molecule has 0 unspecified atom stereocenters. The average Bonchev–Trinajstić information content (AvgIpc) is 2.98. The first kappa shape index (κ1) is 17.4. The molecular weight excluding hydrogens is 334 g/mol. The maximum Gasteiger partial charge on any atom is 0.273 e. The number of nitriles is 1. The summed E-state index contributed by atoms with van der Waals surface area (Å²) in [4.78, 5) is 16.8. The van der Waals surface area contributed by atoms with Crippen molar-refractivity contribution in [1.82, 2.24) is 14.6 Å². The van der Waals surface area contributed by atoms with Crippen molar-refractivity contribution in [1.29, 1.82) is 5.26 Å². The van der Waals surface area contributed by atoms with Gasteiger partial charge in [0, 0.05) is 30.0 Å². The molecule has 0 aliphatic carbocycles. The van der Waals surface area contributed by atoms with Crippen molar-refractivity contribution < 1.29 is 9.47 Å². The molecule has 3 aromatic rings. The van der Waals surface area contributed by atoms with Gasteiger partial charge in [0.2, 0.25) is 0 Å². The van der Waals surface area contributed by atoms with E-state index < -0.39 is 0 Å². The fourth-order valence-electron chi connectivity index (χ4n) is 2.57. The largest absolute Gasteiger partial charge is 0.497 e.